The quantitative estimate of drug-likeness (QED) is 0.490. The molecular weight excluding hydrogens is 368 g/mol. The van der Waals surface area contributed by atoms with Gasteiger partial charge in [-0.25, -0.2) is 9.78 Å². The van der Waals surface area contributed by atoms with Gasteiger partial charge in [0, 0.05) is 12.1 Å². The number of rotatable bonds is 4. The molecule has 1 aliphatic rings. The van der Waals surface area contributed by atoms with Crippen molar-refractivity contribution in [1.29, 1.82) is 0 Å². The maximum Gasteiger partial charge on any atom is 0.337 e. The van der Waals surface area contributed by atoms with Crippen LogP contribution < -0.4 is 9.47 Å². The molecule has 5 rings (SSSR count). The molecular formula is C23H18N2O4. The Balaban J connectivity index is 1.62. The SMILES string of the molecule is COC(=O)c1cccc(Cn2c(-c3ccc4c(c3)OCO4)nc3ccccc32)c1. The minimum absolute atomic E-state index is 0.232. The average molecular weight is 386 g/mol. The summed E-state index contributed by atoms with van der Waals surface area (Å²) in [5.41, 5.74) is 4.37. The van der Waals surface area contributed by atoms with E-state index in [-0.39, 0.29) is 12.8 Å². The second-order valence-electron chi connectivity index (χ2n) is 6.77. The van der Waals surface area contributed by atoms with Crippen LogP contribution in [0.4, 0.5) is 0 Å². The number of carbonyl (C=O) groups excluding carboxylic acids is 1. The summed E-state index contributed by atoms with van der Waals surface area (Å²) in [5.74, 6) is 1.93. The van der Waals surface area contributed by atoms with Crippen LogP contribution >= 0.6 is 0 Å². The van der Waals surface area contributed by atoms with Crippen molar-refractivity contribution in [3.05, 3.63) is 77.9 Å². The Morgan fingerprint density at radius 3 is 2.79 bits per heavy atom. The van der Waals surface area contributed by atoms with E-state index in [2.05, 4.69) is 4.57 Å². The normalized spacial score (nSPS) is 12.3. The number of carbonyl (C=O) groups is 1. The summed E-state index contributed by atoms with van der Waals surface area (Å²) >= 11 is 0. The van der Waals surface area contributed by atoms with Gasteiger partial charge in [0.1, 0.15) is 5.82 Å². The number of esters is 1. The molecule has 0 aliphatic carbocycles. The van der Waals surface area contributed by atoms with Crippen molar-refractivity contribution in [3.8, 4) is 22.9 Å². The number of methoxy groups -OCH3 is 1. The zero-order chi connectivity index (χ0) is 19.8. The van der Waals surface area contributed by atoms with Gasteiger partial charge in [-0.3, -0.25) is 0 Å². The van der Waals surface area contributed by atoms with Crippen LogP contribution in [0.25, 0.3) is 22.4 Å². The molecule has 0 saturated carbocycles. The molecule has 0 fully saturated rings. The van der Waals surface area contributed by atoms with Crippen LogP contribution in [-0.4, -0.2) is 29.4 Å². The standard InChI is InChI=1S/C23H18N2O4/c1-27-23(26)17-6-4-5-15(11-17)13-25-19-8-3-2-7-18(19)24-22(25)16-9-10-20-21(12-16)29-14-28-20/h2-12H,13-14H2,1H3. The van der Waals surface area contributed by atoms with Crippen molar-refractivity contribution < 1.29 is 19.0 Å². The molecule has 6 nitrogen and oxygen atoms in total. The summed E-state index contributed by atoms with van der Waals surface area (Å²) in [6, 6.07) is 21.3. The molecule has 144 valence electrons. The number of hydrogen-bond donors (Lipinski definition) is 0. The van der Waals surface area contributed by atoms with Crippen LogP contribution in [0.5, 0.6) is 11.5 Å². The Bertz CT molecular complexity index is 1230. The summed E-state index contributed by atoms with van der Waals surface area (Å²) in [5, 5.41) is 0. The lowest BCUT2D eigenvalue weighted by atomic mass is 10.1. The molecule has 0 amide bonds. The number of para-hydroxylation sites is 2. The van der Waals surface area contributed by atoms with Crippen molar-refractivity contribution in [3.63, 3.8) is 0 Å². The van der Waals surface area contributed by atoms with Crippen molar-refractivity contribution in [1.82, 2.24) is 9.55 Å². The van der Waals surface area contributed by atoms with Crippen LogP contribution in [-0.2, 0) is 11.3 Å². The Morgan fingerprint density at radius 1 is 1.03 bits per heavy atom. The van der Waals surface area contributed by atoms with Crippen LogP contribution in [0.3, 0.4) is 0 Å². The van der Waals surface area contributed by atoms with E-state index in [1.807, 2.05) is 60.7 Å². The first-order valence-corrected chi connectivity index (χ1v) is 9.25. The number of fused-ring (bicyclic) bond motifs is 2. The third-order valence-electron chi connectivity index (χ3n) is 4.97. The molecule has 29 heavy (non-hydrogen) atoms. The number of hydrogen-bond acceptors (Lipinski definition) is 5. The lowest BCUT2D eigenvalue weighted by Crippen LogP contribution is -2.05. The smallest absolute Gasteiger partial charge is 0.337 e. The molecule has 6 heteroatoms. The molecule has 3 aromatic carbocycles. The summed E-state index contributed by atoms with van der Waals surface area (Å²) in [4.78, 5) is 16.8. The fourth-order valence-electron chi connectivity index (χ4n) is 3.59. The summed E-state index contributed by atoms with van der Waals surface area (Å²) < 4.78 is 18.0. The number of imidazole rings is 1. The van der Waals surface area contributed by atoms with Gasteiger partial charge in [-0.1, -0.05) is 24.3 Å². The Morgan fingerprint density at radius 2 is 1.90 bits per heavy atom. The van der Waals surface area contributed by atoms with E-state index in [4.69, 9.17) is 19.2 Å². The molecule has 1 aliphatic heterocycles. The largest absolute Gasteiger partial charge is 0.465 e. The number of aromatic nitrogens is 2. The molecule has 0 saturated heterocycles. The van der Waals surface area contributed by atoms with Gasteiger partial charge in [0.25, 0.3) is 0 Å². The minimum atomic E-state index is -0.349. The highest BCUT2D eigenvalue weighted by Crippen LogP contribution is 2.36. The fraction of sp³-hybridized carbons (Fsp3) is 0.130. The highest BCUT2D eigenvalue weighted by Gasteiger charge is 2.18. The predicted molar refractivity (Wildman–Crippen MR) is 108 cm³/mol. The molecule has 0 N–H and O–H groups in total. The maximum absolute atomic E-state index is 11.9. The number of benzene rings is 3. The highest BCUT2D eigenvalue weighted by atomic mass is 16.7. The monoisotopic (exact) mass is 386 g/mol. The van der Waals surface area contributed by atoms with Crippen LogP contribution in [0.1, 0.15) is 15.9 Å². The molecule has 0 unspecified atom stereocenters. The van der Waals surface area contributed by atoms with Crippen molar-refractivity contribution in [2.75, 3.05) is 13.9 Å². The summed E-state index contributed by atoms with van der Waals surface area (Å²) in [7, 11) is 1.39. The molecule has 0 bridgehead atoms. The van der Waals surface area contributed by atoms with Gasteiger partial charge >= 0.3 is 5.97 Å². The van der Waals surface area contributed by atoms with E-state index < -0.39 is 0 Å². The van der Waals surface area contributed by atoms with E-state index in [1.165, 1.54) is 7.11 Å². The zero-order valence-corrected chi connectivity index (χ0v) is 15.8. The summed E-state index contributed by atoms with van der Waals surface area (Å²) in [6.07, 6.45) is 0. The van der Waals surface area contributed by atoms with Crippen molar-refractivity contribution in [2.24, 2.45) is 0 Å². The minimum Gasteiger partial charge on any atom is -0.465 e. The summed E-state index contributed by atoms with van der Waals surface area (Å²) in [6.45, 7) is 0.796. The third-order valence-corrected chi connectivity index (χ3v) is 4.97. The Kier molecular flexibility index (Phi) is 4.17. The Labute approximate surface area is 167 Å². The third kappa shape index (κ3) is 3.08. The van der Waals surface area contributed by atoms with E-state index >= 15 is 0 Å². The Hall–Kier alpha value is -3.80. The van der Waals surface area contributed by atoms with Crippen molar-refractivity contribution >= 4 is 17.0 Å². The van der Waals surface area contributed by atoms with Crippen LogP contribution in [0, 0.1) is 0 Å². The van der Waals surface area contributed by atoms with E-state index in [0.29, 0.717) is 17.9 Å². The highest BCUT2D eigenvalue weighted by molar-refractivity contribution is 5.89. The lowest BCUT2D eigenvalue weighted by Gasteiger charge is -2.11. The first-order chi connectivity index (χ1) is 14.2. The van der Waals surface area contributed by atoms with Gasteiger partial charge in [-0.15, -0.1) is 0 Å². The van der Waals surface area contributed by atoms with Crippen LogP contribution in [0.15, 0.2) is 66.7 Å². The zero-order valence-electron chi connectivity index (χ0n) is 15.8. The van der Waals surface area contributed by atoms with Gasteiger partial charge in [-0.05, 0) is 48.0 Å². The second-order valence-corrected chi connectivity index (χ2v) is 6.77. The topological polar surface area (TPSA) is 62.6 Å². The maximum atomic E-state index is 11.9. The number of nitrogens with zero attached hydrogens (tertiary/aromatic N) is 2. The second kappa shape index (κ2) is 6.98. The first-order valence-electron chi connectivity index (χ1n) is 9.25. The molecule has 0 radical (unpaired) electrons. The van der Waals surface area contributed by atoms with Crippen molar-refractivity contribution in [2.45, 2.75) is 6.54 Å². The first kappa shape index (κ1) is 17.3. The molecule has 1 aromatic heterocycles. The predicted octanol–water partition coefficient (Wildman–Crippen LogP) is 4.27. The van der Waals surface area contributed by atoms with E-state index in [9.17, 15) is 4.79 Å². The van der Waals surface area contributed by atoms with Gasteiger partial charge in [0.15, 0.2) is 11.5 Å². The van der Waals surface area contributed by atoms with E-state index in [0.717, 1.165) is 33.7 Å². The molecule has 4 aromatic rings. The fourth-order valence-corrected chi connectivity index (χ4v) is 3.59. The molecule has 0 atom stereocenters. The van der Waals surface area contributed by atoms with E-state index in [1.54, 1.807) is 6.07 Å². The van der Waals surface area contributed by atoms with Crippen LogP contribution in [0.2, 0.25) is 0 Å². The molecule has 2 heterocycles. The van der Waals surface area contributed by atoms with Gasteiger partial charge in [0.05, 0.1) is 23.7 Å². The number of ether oxygens (including phenoxy) is 3. The molecule has 0 spiro atoms. The average Bonchev–Trinajstić information content (AvgIpc) is 3.37. The lowest BCUT2D eigenvalue weighted by molar-refractivity contribution is 0.0600. The van der Waals surface area contributed by atoms with Gasteiger partial charge in [0.2, 0.25) is 6.79 Å². The van der Waals surface area contributed by atoms with Gasteiger partial charge < -0.3 is 18.8 Å². The van der Waals surface area contributed by atoms with Gasteiger partial charge in [-0.2, -0.15) is 0 Å².